The highest BCUT2D eigenvalue weighted by Gasteiger charge is 2.37. The zero-order chi connectivity index (χ0) is 26.8. The SMILES string of the molecule is CC(C)[C@H](NC(=O)[C@@H](C(C)C)N(O)C(=O)[C@H](C)NC(=O)c1ccccc1)C(=O)OCc1ccccc1. The third-order valence-electron chi connectivity index (χ3n) is 5.59. The smallest absolute Gasteiger partial charge is 0.329 e. The zero-order valence-corrected chi connectivity index (χ0v) is 21.3. The molecule has 0 saturated carbocycles. The van der Waals surface area contributed by atoms with Crippen LogP contribution >= 0.6 is 0 Å². The number of nitrogens with zero attached hydrogens (tertiary/aromatic N) is 1. The molecule has 2 aromatic carbocycles. The molecule has 0 bridgehead atoms. The Morgan fingerprint density at radius 2 is 1.39 bits per heavy atom. The quantitative estimate of drug-likeness (QED) is 0.249. The van der Waals surface area contributed by atoms with Crippen molar-refractivity contribution in [2.75, 3.05) is 0 Å². The summed E-state index contributed by atoms with van der Waals surface area (Å²) in [5.41, 5.74) is 1.16. The first-order chi connectivity index (χ1) is 17.0. The van der Waals surface area contributed by atoms with Crippen LogP contribution in [0, 0.1) is 11.8 Å². The molecule has 9 nitrogen and oxygen atoms in total. The number of hydrogen-bond acceptors (Lipinski definition) is 6. The van der Waals surface area contributed by atoms with Crippen molar-refractivity contribution in [3.05, 3.63) is 71.8 Å². The Morgan fingerprint density at radius 1 is 0.833 bits per heavy atom. The van der Waals surface area contributed by atoms with E-state index in [4.69, 9.17) is 4.74 Å². The summed E-state index contributed by atoms with van der Waals surface area (Å²) in [5.74, 6) is -3.49. The number of carbonyl (C=O) groups is 4. The normalized spacial score (nSPS) is 13.4. The number of hydroxylamine groups is 2. The molecule has 0 aliphatic heterocycles. The second-order valence-electron chi connectivity index (χ2n) is 9.26. The average Bonchev–Trinajstić information content (AvgIpc) is 2.86. The predicted molar refractivity (Wildman–Crippen MR) is 134 cm³/mol. The highest BCUT2D eigenvalue weighted by atomic mass is 16.5. The molecule has 0 aromatic heterocycles. The summed E-state index contributed by atoms with van der Waals surface area (Å²) in [6.07, 6.45) is 0. The molecule has 0 aliphatic rings. The lowest BCUT2D eigenvalue weighted by Gasteiger charge is -2.31. The number of nitrogens with one attached hydrogen (secondary N) is 2. The Balaban J connectivity index is 2.06. The lowest BCUT2D eigenvalue weighted by atomic mass is 9.99. The van der Waals surface area contributed by atoms with Gasteiger partial charge in [-0.1, -0.05) is 76.2 Å². The van der Waals surface area contributed by atoms with E-state index in [1.807, 2.05) is 30.3 Å². The van der Waals surface area contributed by atoms with Crippen LogP contribution in [0.2, 0.25) is 0 Å². The summed E-state index contributed by atoms with van der Waals surface area (Å²) in [4.78, 5) is 51.1. The lowest BCUT2D eigenvalue weighted by Crippen LogP contribution is -2.58. The third-order valence-corrected chi connectivity index (χ3v) is 5.59. The van der Waals surface area contributed by atoms with Crippen LogP contribution in [0.5, 0.6) is 0 Å². The maximum atomic E-state index is 13.1. The number of carbonyl (C=O) groups excluding carboxylic acids is 4. The summed E-state index contributed by atoms with van der Waals surface area (Å²) in [7, 11) is 0. The third kappa shape index (κ3) is 7.91. The van der Waals surface area contributed by atoms with Crippen molar-refractivity contribution in [3.63, 3.8) is 0 Å². The van der Waals surface area contributed by atoms with Crippen LogP contribution in [0.15, 0.2) is 60.7 Å². The first-order valence-electron chi connectivity index (χ1n) is 11.9. The van der Waals surface area contributed by atoms with Gasteiger partial charge in [-0.2, -0.15) is 0 Å². The van der Waals surface area contributed by atoms with Gasteiger partial charge in [-0.3, -0.25) is 19.6 Å². The van der Waals surface area contributed by atoms with Gasteiger partial charge in [0, 0.05) is 5.56 Å². The van der Waals surface area contributed by atoms with E-state index in [9.17, 15) is 24.4 Å². The Kier molecular flexibility index (Phi) is 10.6. The van der Waals surface area contributed by atoms with Gasteiger partial charge < -0.3 is 15.4 Å². The molecule has 0 aliphatic carbocycles. The highest BCUT2D eigenvalue weighted by Crippen LogP contribution is 2.14. The number of rotatable bonds is 11. The van der Waals surface area contributed by atoms with Crippen LogP contribution in [0.3, 0.4) is 0 Å². The van der Waals surface area contributed by atoms with Crippen LogP contribution in [-0.2, 0) is 25.7 Å². The molecule has 3 N–H and O–H groups in total. The maximum Gasteiger partial charge on any atom is 0.329 e. The van der Waals surface area contributed by atoms with Crippen molar-refractivity contribution in [1.82, 2.24) is 15.7 Å². The lowest BCUT2D eigenvalue weighted by molar-refractivity contribution is -0.185. The number of ether oxygens (including phenoxy) is 1. The number of amides is 3. The van der Waals surface area contributed by atoms with E-state index in [1.54, 1.807) is 58.0 Å². The number of benzene rings is 2. The maximum absolute atomic E-state index is 13.1. The van der Waals surface area contributed by atoms with Gasteiger partial charge in [-0.05, 0) is 36.5 Å². The van der Waals surface area contributed by atoms with Gasteiger partial charge >= 0.3 is 5.97 Å². The summed E-state index contributed by atoms with van der Waals surface area (Å²) in [6, 6.07) is 14.1. The van der Waals surface area contributed by atoms with Crippen molar-refractivity contribution in [2.45, 2.75) is 59.4 Å². The fourth-order valence-electron chi connectivity index (χ4n) is 3.52. The molecule has 3 amide bonds. The molecule has 3 atom stereocenters. The van der Waals surface area contributed by atoms with E-state index in [0.717, 1.165) is 5.56 Å². The second kappa shape index (κ2) is 13.4. The van der Waals surface area contributed by atoms with Crippen molar-refractivity contribution in [2.24, 2.45) is 11.8 Å². The summed E-state index contributed by atoms with van der Waals surface area (Å²) in [5, 5.41) is 16.1. The molecular weight excluding hydrogens is 462 g/mol. The molecule has 36 heavy (non-hydrogen) atoms. The first kappa shape index (κ1) is 28.5. The Bertz CT molecular complexity index is 1030. The number of hydrogen-bond donors (Lipinski definition) is 3. The molecule has 0 unspecified atom stereocenters. The second-order valence-corrected chi connectivity index (χ2v) is 9.26. The summed E-state index contributed by atoms with van der Waals surface area (Å²) in [6.45, 7) is 8.29. The molecule has 0 radical (unpaired) electrons. The molecule has 0 spiro atoms. The van der Waals surface area contributed by atoms with Crippen LogP contribution in [-0.4, -0.2) is 52.1 Å². The van der Waals surface area contributed by atoms with Crippen molar-refractivity contribution >= 4 is 23.7 Å². The van der Waals surface area contributed by atoms with Gasteiger partial charge in [0.05, 0.1) is 0 Å². The van der Waals surface area contributed by atoms with Crippen LogP contribution < -0.4 is 10.6 Å². The monoisotopic (exact) mass is 497 g/mol. The van der Waals surface area contributed by atoms with E-state index >= 15 is 0 Å². The molecule has 2 rings (SSSR count). The van der Waals surface area contributed by atoms with Gasteiger partial charge in [-0.15, -0.1) is 0 Å². The number of esters is 1. The Labute approximate surface area is 211 Å². The van der Waals surface area contributed by atoms with E-state index < -0.39 is 47.7 Å². The fourth-order valence-corrected chi connectivity index (χ4v) is 3.52. The first-order valence-corrected chi connectivity index (χ1v) is 11.9. The fraction of sp³-hybridized carbons (Fsp3) is 0.407. The largest absolute Gasteiger partial charge is 0.459 e. The van der Waals surface area contributed by atoms with Gasteiger partial charge in [0.15, 0.2) is 0 Å². The van der Waals surface area contributed by atoms with E-state index in [-0.39, 0.29) is 12.5 Å². The molecular formula is C27H35N3O6. The van der Waals surface area contributed by atoms with Crippen molar-refractivity contribution < 1.29 is 29.1 Å². The van der Waals surface area contributed by atoms with Gasteiger partial charge in [0.1, 0.15) is 24.7 Å². The zero-order valence-electron chi connectivity index (χ0n) is 21.3. The van der Waals surface area contributed by atoms with Crippen LogP contribution in [0.25, 0.3) is 0 Å². The topological polar surface area (TPSA) is 125 Å². The molecule has 9 heteroatoms. The van der Waals surface area contributed by atoms with Gasteiger partial charge in [0.2, 0.25) is 5.91 Å². The standard InChI is InChI=1S/C27H35N3O6/c1-17(2)22(27(34)36-16-20-12-8-6-9-13-20)29-25(32)23(18(3)4)30(35)26(33)19(5)28-24(31)21-14-10-7-11-15-21/h6-15,17-19,22-23,35H,16H2,1-5H3,(H,28,31)(H,29,32)/t19-,22-,23+/m0/s1. The van der Waals surface area contributed by atoms with Crippen LogP contribution in [0.4, 0.5) is 0 Å². The molecule has 2 aromatic rings. The predicted octanol–water partition coefficient (Wildman–Crippen LogP) is 2.93. The van der Waals surface area contributed by atoms with Crippen LogP contribution in [0.1, 0.15) is 50.5 Å². The van der Waals surface area contributed by atoms with Crippen molar-refractivity contribution in [3.8, 4) is 0 Å². The highest BCUT2D eigenvalue weighted by molar-refractivity contribution is 5.98. The average molecular weight is 498 g/mol. The van der Waals surface area contributed by atoms with Gasteiger partial charge in [0.25, 0.3) is 11.8 Å². The van der Waals surface area contributed by atoms with Crippen molar-refractivity contribution in [1.29, 1.82) is 0 Å². The molecule has 194 valence electrons. The minimum Gasteiger partial charge on any atom is -0.459 e. The molecule has 0 heterocycles. The van der Waals surface area contributed by atoms with Gasteiger partial charge in [-0.25, -0.2) is 9.86 Å². The van der Waals surface area contributed by atoms with E-state index in [0.29, 0.717) is 10.6 Å². The molecule has 0 saturated heterocycles. The Hall–Kier alpha value is -3.72. The van der Waals surface area contributed by atoms with E-state index in [2.05, 4.69) is 10.6 Å². The minimum absolute atomic E-state index is 0.0512. The summed E-state index contributed by atoms with van der Waals surface area (Å²) >= 11 is 0. The minimum atomic E-state index is -1.29. The Morgan fingerprint density at radius 3 is 1.92 bits per heavy atom. The molecule has 0 fully saturated rings. The summed E-state index contributed by atoms with van der Waals surface area (Å²) < 4.78 is 5.38. The van der Waals surface area contributed by atoms with E-state index in [1.165, 1.54) is 6.92 Å².